The first-order valence-electron chi connectivity index (χ1n) is 8.27. The smallest absolute Gasteiger partial charge is 0.253 e. The van der Waals surface area contributed by atoms with Crippen molar-refractivity contribution in [2.24, 2.45) is 7.05 Å². The highest BCUT2D eigenvalue weighted by Crippen LogP contribution is 2.24. The van der Waals surface area contributed by atoms with Gasteiger partial charge < -0.3 is 9.88 Å². The molecule has 1 unspecified atom stereocenters. The quantitative estimate of drug-likeness (QED) is 0.575. The molecule has 0 saturated carbocycles. The molecule has 8 heteroatoms. The lowest BCUT2D eigenvalue weighted by Gasteiger charge is -2.14. The Bertz CT molecular complexity index is 943. The molecule has 1 N–H and O–H groups in total. The zero-order valence-electron chi connectivity index (χ0n) is 14.8. The van der Waals surface area contributed by atoms with Crippen LogP contribution >= 0.6 is 35.0 Å². The molecule has 140 valence electrons. The summed E-state index contributed by atoms with van der Waals surface area (Å²) in [5, 5.41) is 13.3. The third-order valence-electron chi connectivity index (χ3n) is 4.00. The summed E-state index contributed by atoms with van der Waals surface area (Å²) in [5.41, 5.74) is 1.58. The maximum Gasteiger partial charge on any atom is 0.253 e. The van der Waals surface area contributed by atoms with Crippen LogP contribution in [0, 0.1) is 0 Å². The van der Waals surface area contributed by atoms with Crippen LogP contribution in [-0.2, 0) is 12.8 Å². The molecule has 0 radical (unpaired) electrons. The highest BCUT2D eigenvalue weighted by Gasteiger charge is 2.19. The summed E-state index contributed by atoms with van der Waals surface area (Å²) >= 11 is 13.6. The molecule has 0 bridgehead atoms. The van der Waals surface area contributed by atoms with Gasteiger partial charge in [0.1, 0.15) is 0 Å². The number of nitrogens with zero attached hydrogens (tertiary/aromatic N) is 3. The SMILES string of the molecule is CC(NC(=O)c1ccccc1Cl)c1nnc(SCc2ccc(Cl)cc2)n1C. The number of aromatic nitrogens is 3. The Hall–Kier alpha value is -2.02. The molecule has 0 fully saturated rings. The van der Waals surface area contributed by atoms with Crippen LogP contribution in [0.2, 0.25) is 10.0 Å². The van der Waals surface area contributed by atoms with Crippen molar-refractivity contribution >= 4 is 40.9 Å². The second-order valence-corrected chi connectivity index (χ2v) is 7.78. The van der Waals surface area contributed by atoms with E-state index in [2.05, 4.69) is 15.5 Å². The van der Waals surface area contributed by atoms with Gasteiger partial charge in [0, 0.05) is 17.8 Å². The summed E-state index contributed by atoms with van der Waals surface area (Å²) in [5.74, 6) is 1.18. The predicted octanol–water partition coefficient (Wildman–Crippen LogP) is 4.91. The number of amides is 1. The molecular weight excluding hydrogens is 403 g/mol. The molecule has 3 aromatic rings. The number of hydrogen-bond donors (Lipinski definition) is 1. The van der Waals surface area contributed by atoms with Crippen LogP contribution < -0.4 is 5.32 Å². The molecule has 1 amide bonds. The van der Waals surface area contributed by atoms with Crippen molar-refractivity contribution < 1.29 is 4.79 Å². The van der Waals surface area contributed by atoms with Gasteiger partial charge in [-0.3, -0.25) is 4.79 Å². The minimum Gasteiger partial charge on any atom is -0.342 e. The largest absolute Gasteiger partial charge is 0.342 e. The normalized spacial score (nSPS) is 12.0. The molecule has 2 aromatic carbocycles. The van der Waals surface area contributed by atoms with Crippen molar-refractivity contribution in [3.8, 4) is 0 Å². The maximum atomic E-state index is 12.4. The van der Waals surface area contributed by atoms with Crippen molar-refractivity contribution in [2.75, 3.05) is 0 Å². The summed E-state index contributed by atoms with van der Waals surface area (Å²) in [7, 11) is 1.89. The van der Waals surface area contributed by atoms with E-state index in [0.29, 0.717) is 21.4 Å². The first kappa shape index (κ1) is 19.7. The highest BCUT2D eigenvalue weighted by molar-refractivity contribution is 7.98. The van der Waals surface area contributed by atoms with Crippen LogP contribution in [0.1, 0.15) is 34.7 Å². The molecule has 1 heterocycles. The first-order chi connectivity index (χ1) is 13.0. The minimum absolute atomic E-state index is 0.244. The number of benzene rings is 2. The van der Waals surface area contributed by atoms with E-state index in [1.165, 1.54) is 0 Å². The Kier molecular flexibility index (Phi) is 6.42. The van der Waals surface area contributed by atoms with E-state index in [-0.39, 0.29) is 11.9 Å². The van der Waals surface area contributed by atoms with Gasteiger partial charge in [-0.15, -0.1) is 10.2 Å². The van der Waals surface area contributed by atoms with E-state index in [1.807, 2.05) is 42.8 Å². The Morgan fingerprint density at radius 3 is 2.56 bits per heavy atom. The lowest BCUT2D eigenvalue weighted by Crippen LogP contribution is -2.28. The molecule has 27 heavy (non-hydrogen) atoms. The van der Waals surface area contributed by atoms with Gasteiger partial charge in [0.05, 0.1) is 16.6 Å². The van der Waals surface area contributed by atoms with Gasteiger partial charge in [0.15, 0.2) is 11.0 Å². The zero-order valence-corrected chi connectivity index (χ0v) is 17.1. The lowest BCUT2D eigenvalue weighted by molar-refractivity contribution is 0.0938. The zero-order chi connectivity index (χ0) is 19.4. The standard InChI is InChI=1S/C19H18Cl2N4OS/c1-12(22-18(26)15-5-3-4-6-16(15)21)17-23-24-19(25(17)2)27-11-13-7-9-14(20)10-8-13/h3-10,12H,11H2,1-2H3,(H,22,26). The Morgan fingerprint density at radius 2 is 1.85 bits per heavy atom. The summed E-state index contributed by atoms with van der Waals surface area (Å²) in [4.78, 5) is 12.4. The van der Waals surface area contributed by atoms with Crippen LogP contribution in [0.4, 0.5) is 0 Å². The average Bonchev–Trinajstić information content (AvgIpc) is 3.02. The number of rotatable bonds is 6. The molecule has 5 nitrogen and oxygen atoms in total. The second kappa shape index (κ2) is 8.78. The summed E-state index contributed by atoms with van der Waals surface area (Å²) in [6, 6.07) is 14.3. The molecule has 0 aliphatic carbocycles. The van der Waals surface area contributed by atoms with Crippen molar-refractivity contribution in [3.63, 3.8) is 0 Å². The Morgan fingerprint density at radius 1 is 1.15 bits per heavy atom. The lowest BCUT2D eigenvalue weighted by atomic mass is 10.2. The van der Waals surface area contributed by atoms with Crippen molar-refractivity contribution in [3.05, 3.63) is 75.5 Å². The molecule has 0 saturated heterocycles. The van der Waals surface area contributed by atoms with E-state index >= 15 is 0 Å². The van der Waals surface area contributed by atoms with E-state index in [1.54, 1.807) is 36.0 Å². The van der Waals surface area contributed by atoms with Gasteiger partial charge >= 0.3 is 0 Å². The number of hydrogen-bond acceptors (Lipinski definition) is 4. The van der Waals surface area contributed by atoms with Gasteiger partial charge in [-0.05, 0) is 36.8 Å². The van der Waals surface area contributed by atoms with Crippen LogP contribution in [0.25, 0.3) is 0 Å². The van der Waals surface area contributed by atoms with Crippen LogP contribution in [0.5, 0.6) is 0 Å². The molecule has 1 aromatic heterocycles. The van der Waals surface area contributed by atoms with E-state index in [9.17, 15) is 4.79 Å². The topological polar surface area (TPSA) is 59.8 Å². The molecule has 3 rings (SSSR count). The fourth-order valence-electron chi connectivity index (χ4n) is 2.54. The average molecular weight is 421 g/mol. The molecular formula is C19H18Cl2N4OS. The van der Waals surface area contributed by atoms with Crippen molar-refractivity contribution in [2.45, 2.75) is 23.9 Å². The van der Waals surface area contributed by atoms with Gasteiger partial charge in [-0.1, -0.05) is 59.2 Å². The molecule has 1 atom stereocenters. The Balaban J connectivity index is 1.66. The van der Waals surface area contributed by atoms with Crippen molar-refractivity contribution in [1.29, 1.82) is 0 Å². The summed E-state index contributed by atoms with van der Waals surface area (Å²) < 4.78 is 1.89. The molecule has 0 aliphatic rings. The van der Waals surface area contributed by atoms with E-state index in [4.69, 9.17) is 23.2 Å². The van der Waals surface area contributed by atoms with Gasteiger partial charge in [-0.2, -0.15) is 0 Å². The second-order valence-electron chi connectivity index (χ2n) is 5.99. The molecule has 0 spiro atoms. The van der Waals surface area contributed by atoms with Crippen LogP contribution in [0.15, 0.2) is 53.7 Å². The van der Waals surface area contributed by atoms with Gasteiger partial charge in [0.2, 0.25) is 0 Å². The number of carbonyl (C=O) groups excluding carboxylic acids is 1. The third kappa shape index (κ3) is 4.83. The summed E-state index contributed by atoms with van der Waals surface area (Å²) in [6.45, 7) is 1.87. The van der Waals surface area contributed by atoms with E-state index < -0.39 is 0 Å². The first-order valence-corrected chi connectivity index (χ1v) is 10.0. The fourth-order valence-corrected chi connectivity index (χ4v) is 3.76. The maximum absolute atomic E-state index is 12.4. The van der Waals surface area contributed by atoms with Gasteiger partial charge in [-0.25, -0.2) is 0 Å². The minimum atomic E-state index is -0.309. The molecule has 0 aliphatic heterocycles. The Labute approximate surface area is 172 Å². The monoisotopic (exact) mass is 420 g/mol. The van der Waals surface area contributed by atoms with Crippen LogP contribution in [0.3, 0.4) is 0 Å². The third-order valence-corrected chi connectivity index (χ3v) is 5.68. The van der Waals surface area contributed by atoms with Crippen molar-refractivity contribution in [1.82, 2.24) is 20.1 Å². The number of halogens is 2. The number of thioether (sulfide) groups is 1. The fraction of sp³-hybridized carbons (Fsp3) is 0.211. The predicted molar refractivity (Wildman–Crippen MR) is 109 cm³/mol. The van der Waals surface area contributed by atoms with E-state index in [0.717, 1.165) is 16.5 Å². The van der Waals surface area contributed by atoms with Crippen LogP contribution in [-0.4, -0.2) is 20.7 Å². The highest BCUT2D eigenvalue weighted by atomic mass is 35.5. The number of nitrogens with one attached hydrogen (secondary N) is 1. The number of carbonyl (C=O) groups is 1. The van der Waals surface area contributed by atoms with Gasteiger partial charge in [0.25, 0.3) is 5.91 Å². The summed E-state index contributed by atoms with van der Waals surface area (Å²) in [6.07, 6.45) is 0.